The molecule has 32 heteroatoms. The molecule has 10 aromatic heterocycles. The van der Waals surface area contributed by atoms with Crippen LogP contribution < -0.4 is 26.6 Å². The molecule has 8 aromatic carbocycles. The van der Waals surface area contributed by atoms with Crippen LogP contribution in [0.4, 0.5) is 32.1 Å². The van der Waals surface area contributed by atoms with Crippen LogP contribution in [0.15, 0.2) is 257 Å². The minimum Gasteiger partial charge on any atom is -0.468 e. The average Bonchev–Trinajstić information content (AvgIpc) is 1.53. The SMILES string of the molecule is COC(=O)Cn1cc(C(=O)Nc2nc(-c3ccccc3Cl)cs2)c2ccccc21.COC(=O)c1ccc2c(C(=O)Nc3nc(-c4ccc(Cl)c(Cl)c4)cs3)c[nH]c2c1.Cc1cc(C)nc(NC(=O)c2cn(C)c3ccc(Br)cc23)c1.Cc1cc(C)nc(NC(=O)c2cn(C)c3ccccc23)c1.Cc1cc(C)nc(NC(=O)c2cn(Cc3ccc(F)cc3)c3ccc(Br)cc23)c1. The Hall–Kier alpha value is -13.8. The molecule has 0 fully saturated rings. The van der Waals surface area contributed by atoms with E-state index in [2.05, 4.69) is 88.3 Å². The number of aromatic nitrogens is 10. The molecule has 130 heavy (non-hydrogen) atoms. The second-order valence-electron chi connectivity index (χ2n) is 30.1. The Morgan fingerprint density at radius 3 is 1.46 bits per heavy atom. The zero-order chi connectivity index (χ0) is 92.3. The van der Waals surface area contributed by atoms with E-state index < -0.39 is 5.97 Å². The number of amides is 5. The Morgan fingerprint density at radius 1 is 0.431 bits per heavy atom. The summed E-state index contributed by atoms with van der Waals surface area (Å²) in [5, 5.41) is 24.5. The van der Waals surface area contributed by atoms with Gasteiger partial charge in [-0.05, 0) is 191 Å². The smallest absolute Gasteiger partial charge is 0.337 e. The molecule has 0 unspecified atom stereocenters. The summed E-state index contributed by atoms with van der Waals surface area (Å²) in [7, 11) is 6.53. The van der Waals surface area contributed by atoms with Crippen molar-refractivity contribution in [2.45, 2.75) is 54.6 Å². The molecule has 0 aliphatic carbocycles. The molecule has 6 N–H and O–H groups in total. The number of pyridine rings is 3. The first kappa shape index (κ1) is 92.4. The predicted molar refractivity (Wildman–Crippen MR) is 523 cm³/mol. The highest BCUT2D eigenvalue weighted by Gasteiger charge is 2.24. The van der Waals surface area contributed by atoms with Crippen molar-refractivity contribution < 1.29 is 47.4 Å². The minimum absolute atomic E-state index is 0.0260. The molecule has 0 aliphatic rings. The highest BCUT2D eigenvalue weighted by Crippen LogP contribution is 2.36. The van der Waals surface area contributed by atoms with Gasteiger partial charge in [0.2, 0.25) is 0 Å². The van der Waals surface area contributed by atoms with Crippen LogP contribution in [0.25, 0.3) is 77.0 Å². The summed E-state index contributed by atoms with van der Waals surface area (Å²) < 4.78 is 32.1. The van der Waals surface area contributed by atoms with Gasteiger partial charge >= 0.3 is 11.9 Å². The summed E-state index contributed by atoms with van der Waals surface area (Å²) in [6.07, 6.45) is 8.77. The molecule has 656 valence electrons. The Balaban J connectivity index is 0.000000132. The second-order valence-corrected chi connectivity index (χ2v) is 34.9. The minimum atomic E-state index is -0.440. The lowest BCUT2D eigenvalue weighted by molar-refractivity contribution is -0.141. The number of anilines is 5. The maximum absolute atomic E-state index is 13.2. The fourth-order valence-electron chi connectivity index (χ4n) is 14.6. The molecule has 0 atom stereocenters. The number of benzene rings is 8. The van der Waals surface area contributed by atoms with Crippen LogP contribution in [-0.2, 0) is 41.5 Å². The molecular weight excluding hydrogens is 1880 g/mol. The Bertz CT molecular complexity index is 7340. The van der Waals surface area contributed by atoms with E-state index in [1.165, 1.54) is 49.0 Å². The van der Waals surface area contributed by atoms with E-state index in [1.54, 1.807) is 65.5 Å². The molecule has 0 saturated carbocycles. The molecule has 0 bridgehead atoms. The van der Waals surface area contributed by atoms with E-state index in [-0.39, 0.29) is 47.9 Å². The molecule has 0 saturated heterocycles. The third kappa shape index (κ3) is 22.3. The van der Waals surface area contributed by atoms with Crippen molar-refractivity contribution >= 4 is 213 Å². The highest BCUT2D eigenvalue weighted by atomic mass is 79.9. The van der Waals surface area contributed by atoms with Gasteiger partial charge in [-0.1, -0.05) is 146 Å². The van der Waals surface area contributed by atoms with Crippen molar-refractivity contribution in [3.05, 3.63) is 351 Å². The molecular formula is C98H81Br2Cl3FN15O9S2. The first-order valence-corrected chi connectivity index (χ1v) is 44.6. The Labute approximate surface area is 785 Å². The molecule has 5 amide bonds. The number of ether oxygens (including phenoxy) is 2. The summed E-state index contributed by atoms with van der Waals surface area (Å²) in [5.74, 6) is -0.513. The number of para-hydroxylation sites is 2. The van der Waals surface area contributed by atoms with Gasteiger partial charge in [-0.25, -0.2) is 34.1 Å². The van der Waals surface area contributed by atoms with Crippen LogP contribution in [0, 0.1) is 47.4 Å². The number of nitrogens with zero attached hydrogens (tertiary/aromatic N) is 9. The lowest BCUT2D eigenvalue weighted by atomic mass is 10.1. The van der Waals surface area contributed by atoms with Crippen LogP contribution in [0.2, 0.25) is 15.1 Å². The van der Waals surface area contributed by atoms with E-state index >= 15 is 0 Å². The number of fused-ring (bicyclic) bond motifs is 5. The number of esters is 2. The Morgan fingerprint density at radius 2 is 0.900 bits per heavy atom. The Kier molecular flexibility index (Phi) is 29.2. The number of aryl methyl sites for hydroxylation is 8. The maximum Gasteiger partial charge on any atom is 0.337 e. The number of H-pyrrole nitrogens is 1. The summed E-state index contributed by atoms with van der Waals surface area (Å²) >= 11 is 27.8. The molecule has 0 aliphatic heterocycles. The van der Waals surface area contributed by atoms with Gasteiger partial charge in [0.1, 0.15) is 29.8 Å². The van der Waals surface area contributed by atoms with E-state index in [4.69, 9.17) is 44.3 Å². The average molecular weight is 1960 g/mol. The summed E-state index contributed by atoms with van der Waals surface area (Å²) in [5.41, 5.74) is 17.3. The van der Waals surface area contributed by atoms with Crippen molar-refractivity contribution in [2.24, 2.45) is 14.1 Å². The lowest BCUT2D eigenvalue weighted by Crippen LogP contribution is -2.13. The summed E-state index contributed by atoms with van der Waals surface area (Å²) in [6, 6.07) is 62.5. The van der Waals surface area contributed by atoms with Crippen LogP contribution in [0.3, 0.4) is 0 Å². The number of carbonyl (C=O) groups is 7. The van der Waals surface area contributed by atoms with Crippen LogP contribution in [-0.4, -0.2) is 104 Å². The number of halogens is 6. The van der Waals surface area contributed by atoms with Gasteiger partial charge in [-0.2, -0.15) is 0 Å². The van der Waals surface area contributed by atoms with Crippen LogP contribution in [0.1, 0.15) is 101 Å². The fraction of sp³-hybridized carbons (Fsp3) is 0.122. The van der Waals surface area contributed by atoms with Crippen LogP contribution >= 0.6 is 89.3 Å². The van der Waals surface area contributed by atoms with Crippen molar-refractivity contribution in [3.8, 4) is 22.5 Å². The third-order valence-electron chi connectivity index (χ3n) is 20.4. The number of methoxy groups -OCH3 is 2. The van der Waals surface area contributed by atoms with Gasteiger partial charge in [0.15, 0.2) is 10.3 Å². The third-order valence-corrected chi connectivity index (χ3v) is 24.0. The zero-order valence-corrected chi connectivity index (χ0v) is 78.4. The largest absolute Gasteiger partial charge is 0.468 e. The van der Waals surface area contributed by atoms with Gasteiger partial charge < -0.3 is 48.7 Å². The molecule has 10 heterocycles. The first-order valence-electron chi connectivity index (χ1n) is 40.1. The molecule has 0 radical (unpaired) electrons. The number of nitrogens with one attached hydrogen (secondary N) is 6. The normalized spacial score (nSPS) is 10.9. The summed E-state index contributed by atoms with van der Waals surface area (Å²) in [6.45, 7) is 12.2. The standard InChI is InChI=1S/C23H19BrFN3O.C21H16ClN3O3S.C20H13Cl2N3O3S.C17H16BrN3O.C17H17N3O/c1-14-9-15(2)26-22(10-14)27-23(29)20-13-28(12-16-3-6-18(25)7-4-16)21-8-5-17(24)11-19(20)21;1-28-19(26)11-25-10-15(13-6-3-5-9-18(13)25)20(27)24-21-23-17(12-29-21)14-7-2-4-8-16(14)22;1-28-19(27)11-2-4-12-13(8-23-16(12)7-11)18(26)25-20-24-17(9-29-20)10-3-5-14(21)15(22)6-10;1-10-6-11(2)19-16(7-10)20-17(22)14-9-21(3)15-5-4-12(18)8-13(14)15;1-11-8-12(2)18-16(9-11)19-17(21)14-10-20(3)15-7-5-4-6-13(14)15/h3-11,13H,12H2,1-2H3,(H,26,27,29);2-10,12H,11H2,1H3,(H,23,24,27);2-9,23H,1H3,(H,24,25,26);4-9H,1-3H3,(H,19,20,22);4-10H,1-3H3,(H,18,19,21). The summed E-state index contributed by atoms with van der Waals surface area (Å²) in [4.78, 5) is 112. The number of thiazole rings is 2. The maximum atomic E-state index is 13.2. The number of rotatable bonds is 17. The topological polar surface area (TPSA) is 298 Å². The predicted octanol–water partition coefficient (Wildman–Crippen LogP) is 24.0. The van der Waals surface area contributed by atoms with Crippen molar-refractivity contribution in [2.75, 3.05) is 40.8 Å². The van der Waals surface area contributed by atoms with Crippen molar-refractivity contribution in [3.63, 3.8) is 0 Å². The number of hydrogen-bond acceptors (Lipinski definition) is 16. The molecule has 24 nitrogen and oxygen atoms in total. The van der Waals surface area contributed by atoms with E-state index in [9.17, 15) is 38.0 Å². The van der Waals surface area contributed by atoms with Gasteiger partial charge in [0.25, 0.3) is 29.5 Å². The number of hydrogen-bond donors (Lipinski definition) is 6. The van der Waals surface area contributed by atoms with E-state index in [0.29, 0.717) is 105 Å². The molecule has 18 aromatic rings. The number of carbonyl (C=O) groups excluding carboxylic acids is 7. The quantitative estimate of drug-likeness (QED) is 0.0462. The van der Waals surface area contributed by atoms with Gasteiger partial charge in [0, 0.05) is 159 Å². The van der Waals surface area contributed by atoms with Crippen molar-refractivity contribution in [1.82, 2.24) is 48.2 Å². The van der Waals surface area contributed by atoms with Crippen molar-refractivity contribution in [1.29, 1.82) is 0 Å². The van der Waals surface area contributed by atoms with Gasteiger partial charge in [-0.15, -0.1) is 22.7 Å². The monoisotopic (exact) mass is 1960 g/mol. The molecule has 18 rings (SSSR count). The van der Waals surface area contributed by atoms with Gasteiger partial charge in [-0.3, -0.25) is 39.4 Å². The number of aromatic amines is 1. The lowest BCUT2D eigenvalue weighted by Gasteiger charge is -2.06. The second kappa shape index (κ2) is 41.1. The molecule has 0 spiro atoms. The first-order chi connectivity index (χ1) is 62.4. The van der Waals surface area contributed by atoms with E-state index in [1.807, 2.05) is 244 Å². The van der Waals surface area contributed by atoms with E-state index in [0.717, 1.165) is 103 Å². The van der Waals surface area contributed by atoms with Gasteiger partial charge in [0.05, 0.1) is 69.0 Å². The fourth-order valence-corrected chi connectivity index (χ4v) is 17.3. The highest BCUT2D eigenvalue weighted by molar-refractivity contribution is 9.10. The van der Waals surface area contributed by atoms with Crippen LogP contribution in [0.5, 0.6) is 0 Å². The zero-order valence-electron chi connectivity index (χ0n) is 71.4.